The molecule has 1 fully saturated rings. The van der Waals surface area contributed by atoms with Gasteiger partial charge in [0, 0.05) is 30.5 Å². The van der Waals surface area contributed by atoms with Gasteiger partial charge >= 0.3 is 6.09 Å². The molecular weight excluding hydrogens is 532 g/mol. The lowest BCUT2D eigenvalue weighted by molar-refractivity contribution is -0.322. The maximum absolute atomic E-state index is 12.7. The summed E-state index contributed by atoms with van der Waals surface area (Å²) in [5, 5.41) is 5.27. The van der Waals surface area contributed by atoms with E-state index < -0.39 is 0 Å². The summed E-state index contributed by atoms with van der Waals surface area (Å²) < 4.78 is 6.02. The number of benzene rings is 1. The van der Waals surface area contributed by atoms with E-state index in [9.17, 15) is 4.79 Å². The van der Waals surface area contributed by atoms with Gasteiger partial charge in [0.25, 0.3) is 0 Å². The molecule has 43 heavy (non-hydrogen) atoms. The molecule has 248 valence electrons. The van der Waals surface area contributed by atoms with E-state index in [0.717, 1.165) is 32.1 Å². The van der Waals surface area contributed by atoms with Crippen molar-refractivity contribution in [2.45, 2.75) is 193 Å². The minimum atomic E-state index is -0.269. The van der Waals surface area contributed by atoms with Crippen molar-refractivity contribution < 1.29 is 14.4 Å². The Morgan fingerprint density at radius 1 is 0.791 bits per heavy atom. The third kappa shape index (κ3) is 13.9. The van der Waals surface area contributed by atoms with Crippen LogP contribution < -0.4 is 5.32 Å². The summed E-state index contributed by atoms with van der Waals surface area (Å²) in [5.41, 5.74) is 0.738. The molecule has 2 rings (SSSR count). The lowest BCUT2D eigenvalue weighted by Gasteiger charge is -2.56. The van der Waals surface area contributed by atoms with E-state index in [4.69, 9.17) is 9.57 Å². The molecule has 1 aliphatic heterocycles. The number of carbonyl (C=O) groups is 1. The van der Waals surface area contributed by atoms with Crippen LogP contribution in [-0.4, -0.2) is 34.9 Å². The van der Waals surface area contributed by atoms with Gasteiger partial charge < -0.3 is 10.1 Å². The fraction of sp³-hybridized carbons (Fsp3) is 0.816. The van der Waals surface area contributed by atoms with Crippen LogP contribution in [0, 0.1) is 0 Å². The third-order valence-corrected chi connectivity index (χ3v) is 9.74. The second-order valence-electron chi connectivity index (χ2n) is 13.9. The van der Waals surface area contributed by atoms with Crippen LogP contribution in [0.15, 0.2) is 30.3 Å². The molecule has 1 aliphatic rings. The van der Waals surface area contributed by atoms with E-state index in [-0.39, 0.29) is 29.4 Å². The van der Waals surface area contributed by atoms with Crippen molar-refractivity contribution in [1.82, 2.24) is 10.4 Å². The summed E-state index contributed by atoms with van der Waals surface area (Å²) in [6, 6.07) is 10.4. The quantitative estimate of drug-likeness (QED) is 0.127. The number of hydroxylamine groups is 2. The number of rotatable bonds is 23. The zero-order valence-electron chi connectivity index (χ0n) is 29.1. The molecule has 0 aromatic heterocycles. The van der Waals surface area contributed by atoms with Crippen LogP contribution in [0.4, 0.5) is 4.79 Å². The largest absolute Gasteiger partial charge is 0.446 e. The van der Waals surface area contributed by atoms with Crippen molar-refractivity contribution in [3.63, 3.8) is 0 Å². The van der Waals surface area contributed by atoms with E-state index >= 15 is 0 Å². The van der Waals surface area contributed by atoms with Crippen LogP contribution in [0.5, 0.6) is 0 Å². The topological polar surface area (TPSA) is 50.8 Å². The molecule has 0 radical (unpaired) electrons. The smallest absolute Gasteiger partial charge is 0.407 e. The summed E-state index contributed by atoms with van der Waals surface area (Å²) in [7, 11) is 0. The molecular formula is C38H68N2O3. The first-order valence-electron chi connectivity index (χ1n) is 18.2. The molecule has 2 atom stereocenters. The average Bonchev–Trinajstić information content (AvgIpc) is 3.00. The minimum absolute atomic E-state index is 0.0431. The molecule has 0 bridgehead atoms. The van der Waals surface area contributed by atoms with Gasteiger partial charge in [-0.15, -0.1) is 0 Å². The molecule has 1 aromatic rings. The van der Waals surface area contributed by atoms with Crippen LogP contribution in [0.1, 0.15) is 182 Å². The van der Waals surface area contributed by atoms with E-state index in [0.29, 0.717) is 6.54 Å². The number of alkyl carbamates (subject to hydrolysis) is 1. The van der Waals surface area contributed by atoms with Gasteiger partial charge in [0.2, 0.25) is 0 Å². The predicted molar refractivity (Wildman–Crippen MR) is 182 cm³/mol. The Morgan fingerprint density at radius 2 is 1.28 bits per heavy atom. The first-order valence-corrected chi connectivity index (χ1v) is 18.2. The molecule has 1 amide bonds. The number of unbranched alkanes of at least 4 members (excludes halogenated alkanes) is 15. The van der Waals surface area contributed by atoms with E-state index in [1.54, 1.807) is 0 Å². The Balaban J connectivity index is 1.59. The van der Waals surface area contributed by atoms with Gasteiger partial charge in [0.15, 0.2) is 0 Å². The lowest BCUT2D eigenvalue weighted by atomic mass is 9.75. The number of nitrogens with zero attached hydrogens (tertiary/aromatic N) is 1. The van der Waals surface area contributed by atoms with E-state index in [2.05, 4.69) is 76.2 Å². The number of amides is 1. The Labute approximate surface area is 266 Å². The van der Waals surface area contributed by atoms with Gasteiger partial charge in [-0.2, -0.15) is 5.06 Å². The summed E-state index contributed by atoms with van der Waals surface area (Å²) in [4.78, 5) is 19.4. The highest BCUT2D eigenvalue weighted by Gasteiger charge is 2.51. The number of hydrogen-bond donors (Lipinski definition) is 1. The zero-order valence-corrected chi connectivity index (χ0v) is 29.1. The molecule has 1 aromatic carbocycles. The summed E-state index contributed by atoms with van der Waals surface area (Å²) in [5.74, 6) is 0. The van der Waals surface area contributed by atoms with Gasteiger partial charge in [-0.25, -0.2) is 4.79 Å². The van der Waals surface area contributed by atoms with Gasteiger partial charge in [0.05, 0.1) is 0 Å². The molecule has 2 unspecified atom stereocenters. The summed E-state index contributed by atoms with van der Waals surface area (Å²) >= 11 is 0. The van der Waals surface area contributed by atoms with Crippen LogP contribution in [0.2, 0.25) is 0 Å². The Morgan fingerprint density at radius 3 is 1.77 bits per heavy atom. The predicted octanol–water partition coefficient (Wildman–Crippen LogP) is 11.5. The molecule has 0 spiro atoms. The van der Waals surface area contributed by atoms with E-state index in [1.165, 1.54) is 102 Å². The molecule has 1 heterocycles. The number of hydrogen-bond acceptors (Lipinski definition) is 4. The molecule has 5 nitrogen and oxygen atoms in total. The van der Waals surface area contributed by atoms with Crippen molar-refractivity contribution in [1.29, 1.82) is 0 Å². The van der Waals surface area contributed by atoms with Gasteiger partial charge in [-0.1, -0.05) is 147 Å². The molecule has 0 saturated carbocycles. The summed E-state index contributed by atoms with van der Waals surface area (Å²) in [6.07, 6.45) is 24.7. The highest BCUT2D eigenvalue weighted by Crippen LogP contribution is 2.45. The fourth-order valence-electron chi connectivity index (χ4n) is 7.02. The fourth-order valence-corrected chi connectivity index (χ4v) is 7.02. The maximum Gasteiger partial charge on any atom is 0.407 e. The summed E-state index contributed by atoms with van der Waals surface area (Å²) in [6.45, 7) is 14.0. The van der Waals surface area contributed by atoms with Crippen molar-refractivity contribution >= 4 is 6.09 Å². The monoisotopic (exact) mass is 601 g/mol. The Kier molecular flexibility index (Phi) is 18.5. The number of nitrogens with one attached hydrogen (secondary N) is 1. The van der Waals surface area contributed by atoms with Crippen molar-refractivity contribution in [3.8, 4) is 0 Å². The van der Waals surface area contributed by atoms with Crippen LogP contribution in [-0.2, 0) is 9.57 Å². The maximum atomic E-state index is 12.7. The van der Waals surface area contributed by atoms with Crippen molar-refractivity contribution in [2.24, 2.45) is 0 Å². The third-order valence-electron chi connectivity index (χ3n) is 9.74. The van der Waals surface area contributed by atoms with E-state index in [1.807, 2.05) is 6.07 Å². The average molecular weight is 601 g/mol. The highest BCUT2D eigenvalue weighted by molar-refractivity contribution is 5.67. The lowest BCUT2D eigenvalue weighted by Crippen LogP contribution is -2.64. The van der Waals surface area contributed by atoms with Crippen LogP contribution in [0.3, 0.4) is 0 Å². The molecule has 1 N–H and O–H groups in total. The first-order chi connectivity index (χ1) is 20.8. The highest BCUT2D eigenvalue weighted by atomic mass is 16.7. The Bertz CT molecular complexity index is 839. The van der Waals surface area contributed by atoms with Crippen LogP contribution in [0.25, 0.3) is 0 Å². The molecule has 0 aliphatic carbocycles. The normalized spacial score (nSPS) is 18.8. The number of carbonyl (C=O) groups excluding carboxylic acids is 1. The minimum Gasteiger partial charge on any atom is -0.446 e. The van der Waals surface area contributed by atoms with Gasteiger partial charge in [-0.05, 0) is 45.6 Å². The number of piperidine rings is 1. The standard InChI is InChI=1S/C38H68N2O3/c1-7-10-11-12-13-14-15-16-17-18-19-20-21-22-23-27-30-39-36(41)42-35-31-37(5,6)40(38(8-2,9-3)32-35)43-33(4)34-28-25-24-26-29-34/h24-26,28-29,33,35H,7-23,27,30-32H2,1-6H3,(H,39,41). The molecule has 1 saturated heterocycles. The first kappa shape index (κ1) is 37.6. The van der Waals surface area contributed by atoms with Crippen molar-refractivity contribution in [3.05, 3.63) is 35.9 Å². The van der Waals surface area contributed by atoms with Crippen molar-refractivity contribution in [2.75, 3.05) is 6.54 Å². The second-order valence-corrected chi connectivity index (χ2v) is 13.9. The van der Waals surface area contributed by atoms with Gasteiger partial charge in [0.1, 0.15) is 12.2 Å². The van der Waals surface area contributed by atoms with Gasteiger partial charge in [-0.3, -0.25) is 4.84 Å². The SMILES string of the molecule is CCCCCCCCCCCCCCCCCCNC(=O)OC1CC(C)(C)N(OC(C)c2ccccc2)C(CC)(CC)C1. The second kappa shape index (κ2) is 21.2. The van der Waals surface area contributed by atoms with Crippen LogP contribution >= 0.6 is 0 Å². The Hall–Kier alpha value is -1.59. The number of ether oxygens (including phenoxy) is 1. The zero-order chi connectivity index (χ0) is 31.4. The molecule has 5 heteroatoms.